The Morgan fingerprint density at radius 3 is 2.58 bits per heavy atom. The Balaban J connectivity index is 0.00000341. The van der Waals surface area contributed by atoms with Gasteiger partial charge in [0.25, 0.3) is 0 Å². The minimum Gasteiger partial charge on any atom is -0.487 e. The summed E-state index contributed by atoms with van der Waals surface area (Å²) in [5.74, 6) is 2.68. The molecule has 0 saturated heterocycles. The fraction of sp³-hybridized carbons (Fsp3) is 0.348. The van der Waals surface area contributed by atoms with Crippen molar-refractivity contribution in [2.75, 3.05) is 6.54 Å². The second-order valence-corrected chi connectivity index (χ2v) is 7.18. The Kier molecular flexibility index (Phi) is 10.3. The second-order valence-electron chi connectivity index (χ2n) is 7.18. The highest BCUT2D eigenvalue weighted by atomic mass is 127. The van der Waals surface area contributed by atoms with Crippen LogP contribution >= 0.6 is 24.0 Å². The quantitative estimate of drug-likeness (QED) is 0.236. The molecule has 0 aliphatic heterocycles. The average molecular weight is 535 g/mol. The van der Waals surface area contributed by atoms with E-state index in [0.29, 0.717) is 25.6 Å². The van der Waals surface area contributed by atoms with Crippen molar-refractivity contribution < 1.29 is 9.26 Å². The number of pyridine rings is 1. The molecule has 0 amide bonds. The van der Waals surface area contributed by atoms with E-state index in [4.69, 9.17) is 9.26 Å². The average Bonchev–Trinajstić information content (AvgIpc) is 3.25. The van der Waals surface area contributed by atoms with E-state index >= 15 is 0 Å². The lowest BCUT2D eigenvalue weighted by Crippen LogP contribution is -2.36. The van der Waals surface area contributed by atoms with Crippen molar-refractivity contribution in [2.24, 2.45) is 4.99 Å². The molecule has 2 N–H and O–H groups in total. The maximum absolute atomic E-state index is 5.78. The highest BCUT2D eigenvalue weighted by Gasteiger charge is 2.08. The van der Waals surface area contributed by atoms with Crippen molar-refractivity contribution in [3.05, 3.63) is 77.4 Å². The molecular weight excluding hydrogens is 505 g/mol. The summed E-state index contributed by atoms with van der Waals surface area (Å²) < 4.78 is 11.1. The minimum absolute atomic E-state index is 0. The van der Waals surface area contributed by atoms with Crippen LogP contribution in [0.1, 0.15) is 49.4 Å². The van der Waals surface area contributed by atoms with Crippen LogP contribution in [0.2, 0.25) is 0 Å². The molecule has 31 heavy (non-hydrogen) atoms. The van der Waals surface area contributed by atoms with Crippen LogP contribution in [0.25, 0.3) is 0 Å². The van der Waals surface area contributed by atoms with E-state index in [1.54, 1.807) is 6.20 Å². The standard InChI is InChI=1S/C23H29N5O2.HI/c1-4-24-23(27-15-21-13-22(17(2)3)28-30-21)26-14-18-8-10-20(11-9-18)29-16-19-7-5-6-12-25-19;/h5-13,17H,4,14-16H2,1-3H3,(H2,24,26,27);1H. The Labute approximate surface area is 200 Å². The first-order valence-corrected chi connectivity index (χ1v) is 10.2. The maximum atomic E-state index is 5.78. The van der Waals surface area contributed by atoms with E-state index in [-0.39, 0.29) is 24.0 Å². The fourth-order valence-electron chi connectivity index (χ4n) is 2.70. The summed E-state index contributed by atoms with van der Waals surface area (Å²) in [4.78, 5) is 8.90. The van der Waals surface area contributed by atoms with E-state index in [0.717, 1.165) is 41.0 Å². The zero-order valence-corrected chi connectivity index (χ0v) is 20.5. The molecule has 0 bridgehead atoms. The third kappa shape index (κ3) is 8.20. The number of nitrogens with zero attached hydrogens (tertiary/aromatic N) is 3. The van der Waals surface area contributed by atoms with Gasteiger partial charge in [-0.3, -0.25) is 4.98 Å². The van der Waals surface area contributed by atoms with Gasteiger partial charge in [-0.1, -0.05) is 37.2 Å². The Morgan fingerprint density at radius 1 is 1.13 bits per heavy atom. The summed E-state index contributed by atoms with van der Waals surface area (Å²) >= 11 is 0. The monoisotopic (exact) mass is 535 g/mol. The molecule has 0 radical (unpaired) electrons. The van der Waals surface area contributed by atoms with Gasteiger partial charge in [0.15, 0.2) is 11.7 Å². The van der Waals surface area contributed by atoms with Crippen LogP contribution in [0.3, 0.4) is 0 Å². The predicted molar refractivity (Wildman–Crippen MR) is 133 cm³/mol. The van der Waals surface area contributed by atoms with Crippen LogP contribution in [0.5, 0.6) is 5.75 Å². The van der Waals surface area contributed by atoms with Gasteiger partial charge in [-0.25, -0.2) is 4.99 Å². The van der Waals surface area contributed by atoms with Gasteiger partial charge in [0, 0.05) is 18.8 Å². The molecule has 1 aromatic carbocycles. The summed E-state index contributed by atoms with van der Waals surface area (Å²) in [5, 5.41) is 10.6. The number of aromatic nitrogens is 2. The van der Waals surface area contributed by atoms with Crippen LogP contribution in [-0.2, 0) is 19.7 Å². The highest BCUT2D eigenvalue weighted by molar-refractivity contribution is 14.0. The van der Waals surface area contributed by atoms with Crippen molar-refractivity contribution in [2.45, 2.75) is 46.4 Å². The first-order chi connectivity index (χ1) is 14.6. The third-order valence-corrected chi connectivity index (χ3v) is 4.40. The molecular formula is C23H30IN5O2. The normalized spacial score (nSPS) is 11.2. The topological polar surface area (TPSA) is 84.6 Å². The molecule has 2 heterocycles. The van der Waals surface area contributed by atoms with Crippen LogP contribution < -0.4 is 15.4 Å². The molecule has 0 saturated carbocycles. The zero-order valence-electron chi connectivity index (χ0n) is 18.2. The number of guanidine groups is 1. The Hall–Kier alpha value is -2.62. The van der Waals surface area contributed by atoms with Crippen molar-refractivity contribution >= 4 is 29.9 Å². The van der Waals surface area contributed by atoms with Gasteiger partial charge in [0.05, 0.1) is 24.5 Å². The predicted octanol–water partition coefficient (Wildman–Crippen LogP) is 4.65. The van der Waals surface area contributed by atoms with Crippen LogP contribution in [-0.4, -0.2) is 22.6 Å². The van der Waals surface area contributed by atoms with Gasteiger partial charge in [-0.2, -0.15) is 0 Å². The number of halogens is 1. The number of hydrogen-bond donors (Lipinski definition) is 2. The van der Waals surface area contributed by atoms with Gasteiger partial charge in [0.1, 0.15) is 12.4 Å². The Bertz CT molecular complexity index is 927. The molecule has 8 heteroatoms. The second kappa shape index (κ2) is 12.9. The van der Waals surface area contributed by atoms with Crippen molar-refractivity contribution in [1.82, 2.24) is 20.8 Å². The minimum atomic E-state index is 0. The molecule has 3 rings (SSSR count). The number of hydrogen-bond acceptors (Lipinski definition) is 5. The molecule has 0 atom stereocenters. The zero-order chi connectivity index (χ0) is 21.2. The van der Waals surface area contributed by atoms with Crippen molar-refractivity contribution in [1.29, 1.82) is 0 Å². The van der Waals surface area contributed by atoms with Crippen molar-refractivity contribution in [3.63, 3.8) is 0 Å². The first-order valence-electron chi connectivity index (χ1n) is 10.2. The molecule has 7 nitrogen and oxygen atoms in total. The van der Waals surface area contributed by atoms with Gasteiger partial charge < -0.3 is 19.9 Å². The van der Waals surface area contributed by atoms with Gasteiger partial charge in [-0.05, 0) is 42.7 Å². The van der Waals surface area contributed by atoms with Crippen LogP contribution in [0, 0.1) is 0 Å². The number of aliphatic imine (C=N–C) groups is 1. The number of benzene rings is 1. The molecule has 166 valence electrons. The summed E-state index contributed by atoms with van der Waals surface area (Å²) in [6.07, 6.45) is 1.77. The van der Waals surface area contributed by atoms with E-state index in [9.17, 15) is 0 Å². The maximum Gasteiger partial charge on any atom is 0.191 e. The van der Waals surface area contributed by atoms with E-state index in [2.05, 4.69) is 39.6 Å². The molecule has 2 aromatic heterocycles. The van der Waals surface area contributed by atoms with E-state index in [1.165, 1.54) is 0 Å². The third-order valence-electron chi connectivity index (χ3n) is 4.40. The largest absolute Gasteiger partial charge is 0.487 e. The summed E-state index contributed by atoms with van der Waals surface area (Å²) in [5.41, 5.74) is 2.96. The molecule has 3 aromatic rings. The van der Waals surface area contributed by atoms with E-state index < -0.39 is 0 Å². The molecule has 0 aliphatic carbocycles. The van der Waals surface area contributed by atoms with Gasteiger partial charge in [-0.15, -0.1) is 24.0 Å². The molecule has 0 aliphatic rings. The van der Waals surface area contributed by atoms with Gasteiger partial charge >= 0.3 is 0 Å². The summed E-state index contributed by atoms with van der Waals surface area (Å²) in [7, 11) is 0. The first kappa shape index (κ1) is 24.6. The van der Waals surface area contributed by atoms with Crippen LogP contribution in [0.4, 0.5) is 0 Å². The smallest absolute Gasteiger partial charge is 0.191 e. The lowest BCUT2D eigenvalue weighted by molar-refractivity contribution is 0.301. The van der Waals surface area contributed by atoms with Crippen LogP contribution in [0.15, 0.2) is 64.2 Å². The molecule has 0 unspecified atom stereocenters. The highest BCUT2D eigenvalue weighted by Crippen LogP contribution is 2.15. The number of nitrogens with one attached hydrogen (secondary N) is 2. The van der Waals surface area contributed by atoms with Crippen molar-refractivity contribution in [3.8, 4) is 5.75 Å². The SMILES string of the molecule is CCNC(=NCc1ccc(OCc2ccccn2)cc1)NCc1cc(C(C)C)no1.I. The summed E-state index contributed by atoms with van der Waals surface area (Å²) in [6, 6.07) is 15.7. The van der Waals surface area contributed by atoms with E-state index in [1.807, 2.05) is 55.5 Å². The number of ether oxygens (including phenoxy) is 1. The Morgan fingerprint density at radius 2 is 1.94 bits per heavy atom. The summed E-state index contributed by atoms with van der Waals surface area (Å²) in [6.45, 7) is 8.54. The fourth-order valence-corrected chi connectivity index (χ4v) is 2.70. The lowest BCUT2D eigenvalue weighted by atomic mass is 10.1. The van der Waals surface area contributed by atoms with Gasteiger partial charge in [0.2, 0.25) is 0 Å². The lowest BCUT2D eigenvalue weighted by Gasteiger charge is -2.10. The number of rotatable bonds is 9. The molecule has 0 spiro atoms. The molecule has 0 fully saturated rings.